The molecule has 6 nitrogen and oxygen atoms in total. The number of alkyl carbamates (subject to hydrolysis) is 1. The summed E-state index contributed by atoms with van der Waals surface area (Å²) >= 11 is 0. The van der Waals surface area contributed by atoms with Crippen molar-refractivity contribution in [3.8, 4) is 11.1 Å². The maximum atomic E-state index is 12.2. The maximum absolute atomic E-state index is 12.2. The van der Waals surface area contributed by atoms with Gasteiger partial charge in [0.05, 0.1) is 0 Å². The predicted molar refractivity (Wildman–Crippen MR) is 130 cm³/mol. The molecule has 3 aromatic rings. The Morgan fingerprint density at radius 3 is 2.30 bits per heavy atom. The van der Waals surface area contributed by atoms with Gasteiger partial charge in [-0.1, -0.05) is 60.7 Å². The number of aromatic nitrogens is 1. The van der Waals surface area contributed by atoms with E-state index in [2.05, 4.69) is 39.9 Å². The van der Waals surface area contributed by atoms with Gasteiger partial charge in [-0.25, -0.2) is 9.78 Å². The first-order valence-electron chi connectivity index (χ1n) is 11.0. The van der Waals surface area contributed by atoms with E-state index in [4.69, 9.17) is 4.74 Å². The molecule has 0 atom stereocenters. The van der Waals surface area contributed by atoms with E-state index in [1.807, 2.05) is 49.4 Å². The Bertz CT molecular complexity index is 1160. The number of benzene rings is 2. The number of hydrogen-bond acceptors (Lipinski definition) is 4. The minimum atomic E-state index is -0.414. The molecular weight excluding hydrogens is 414 g/mol. The van der Waals surface area contributed by atoms with Crippen LogP contribution in [0.2, 0.25) is 0 Å². The molecule has 0 bridgehead atoms. The highest BCUT2D eigenvalue weighted by Gasteiger charge is 2.28. The Hall–Kier alpha value is -3.93. The van der Waals surface area contributed by atoms with Gasteiger partial charge < -0.3 is 15.4 Å². The molecule has 2 amide bonds. The quantitative estimate of drug-likeness (QED) is 0.488. The van der Waals surface area contributed by atoms with Crippen molar-refractivity contribution in [1.29, 1.82) is 0 Å². The van der Waals surface area contributed by atoms with Gasteiger partial charge in [-0.15, -0.1) is 0 Å². The van der Waals surface area contributed by atoms with Crippen LogP contribution in [0.1, 0.15) is 41.6 Å². The van der Waals surface area contributed by atoms with Crippen molar-refractivity contribution in [1.82, 2.24) is 10.3 Å². The molecule has 1 aliphatic rings. The first-order chi connectivity index (χ1) is 16.0. The molecule has 2 aromatic carbocycles. The highest BCUT2D eigenvalue weighted by molar-refractivity contribution is 5.87. The van der Waals surface area contributed by atoms with E-state index in [0.717, 1.165) is 11.3 Å². The van der Waals surface area contributed by atoms with Crippen molar-refractivity contribution < 1.29 is 14.3 Å². The lowest BCUT2D eigenvalue weighted by atomic mass is 9.98. The van der Waals surface area contributed by atoms with E-state index < -0.39 is 6.09 Å². The number of carbonyl (C=O) groups excluding carboxylic acids is 2. The van der Waals surface area contributed by atoms with Crippen LogP contribution in [0.4, 0.5) is 10.6 Å². The van der Waals surface area contributed by atoms with Crippen LogP contribution in [0.25, 0.3) is 17.2 Å². The van der Waals surface area contributed by atoms with Gasteiger partial charge >= 0.3 is 6.09 Å². The van der Waals surface area contributed by atoms with Crippen LogP contribution in [-0.4, -0.2) is 30.1 Å². The number of amides is 2. The number of fused-ring (bicyclic) bond motifs is 3. The summed E-state index contributed by atoms with van der Waals surface area (Å²) in [5, 5.41) is 5.48. The van der Waals surface area contributed by atoms with Crippen LogP contribution in [0, 0.1) is 6.92 Å². The average Bonchev–Trinajstić information content (AvgIpc) is 3.12. The fraction of sp³-hybridized carbons (Fsp3) is 0.222. The first-order valence-corrected chi connectivity index (χ1v) is 11.0. The molecule has 168 valence electrons. The lowest BCUT2D eigenvalue weighted by Crippen LogP contribution is -2.26. The summed E-state index contributed by atoms with van der Waals surface area (Å²) in [6.07, 6.45) is 4.19. The monoisotopic (exact) mass is 441 g/mol. The Morgan fingerprint density at radius 1 is 1.00 bits per heavy atom. The number of hydrogen-bond donors (Lipinski definition) is 2. The summed E-state index contributed by atoms with van der Waals surface area (Å²) in [4.78, 5) is 27.7. The zero-order valence-corrected chi connectivity index (χ0v) is 18.8. The summed E-state index contributed by atoms with van der Waals surface area (Å²) < 4.78 is 5.55. The van der Waals surface area contributed by atoms with Gasteiger partial charge in [-0.2, -0.15) is 0 Å². The minimum Gasteiger partial charge on any atom is -0.449 e. The minimum absolute atomic E-state index is 0.0546. The summed E-state index contributed by atoms with van der Waals surface area (Å²) in [6.45, 7) is 4.12. The summed E-state index contributed by atoms with van der Waals surface area (Å²) in [7, 11) is 0. The fourth-order valence-electron chi connectivity index (χ4n) is 4.12. The van der Waals surface area contributed by atoms with E-state index in [-0.39, 0.29) is 11.8 Å². The van der Waals surface area contributed by atoms with Crippen molar-refractivity contribution in [2.75, 3.05) is 18.5 Å². The molecule has 6 heteroatoms. The molecule has 1 heterocycles. The third-order valence-electron chi connectivity index (χ3n) is 5.65. The number of carbonyl (C=O) groups is 2. The van der Waals surface area contributed by atoms with Crippen molar-refractivity contribution in [2.24, 2.45) is 0 Å². The third-order valence-corrected chi connectivity index (χ3v) is 5.65. The van der Waals surface area contributed by atoms with E-state index in [9.17, 15) is 9.59 Å². The maximum Gasteiger partial charge on any atom is 0.407 e. The van der Waals surface area contributed by atoms with Gasteiger partial charge in [-0.05, 0) is 53.3 Å². The second-order valence-corrected chi connectivity index (χ2v) is 8.00. The van der Waals surface area contributed by atoms with Gasteiger partial charge in [0.15, 0.2) is 0 Å². The molecule has 0 fully saturated rings. The van der Waals surface area contributed by atoms with E-state index in [1.54, 1.807) is 6.07 Å². The Morgan fingerprint density at radius 2 is 1.67 bits per heavy atom. The molecule has 1 aliphatic carbocycles. The van der Waals surface area contributed by atoms with Crippen molar-refractivity contribution in [3.05, 3.63) is 89.1 Å². The van der Waals surface area contributed by atoms with Crippen molar-refractivity contribution >= 4 is 23.9 Å². The van der Waals surface area contributed by atoms with Crippen LogP contribution >= 0.6 is 0 Å². The number of pyridine rings is 1. The summed E-state index contributed by atoms with van der Waals surface area (Å²) in [5.74, 6) is 0.442. The molecule has 1 aromatic heterocycles. The predicted octanol–water partition coefficient (Wildman–Crippen LogP) is 5.29. The van der Waals surface area contributed by atoms with Crippen LogP contribution in [-0.2, 0) is 9.53 Å². The molecule has 0 radical (unpaired) electrons. The molecule has 0 spiro atoms. The Kier molecular flexibility index (Phi) is 6.83. The zero-order chi connectivity index (χ0) is 23.2. The van der Waals surface area contributed by atoms with Crippen LogP contribution in [0.5, 0.6) is 0 Å². The molecule has 0 unspecified atom stereocenters. The Balaban J connectivity index is 1.25. The van der Waals surface area contributed by atoms with Gasteiger partial charge in [-0.3, -0.25) is 4.79 Å². The standard InChI is InChI=1S/C27H27N3O3/c1-18-20(14-15-26(29-18)30-19(2)31)9-7-8-16-28-27(32)33-17-25-23-12-5-3-10-21(23)22-11-4-6-13-24(22)25/h3-7,9-15,25H,8,16-17H2,1-2H3,(H,28,32)(H,29,30,31). The highest BCUT2D eigenvalue weighted by atomic mass is 16.5. The number of nitrogens with zero attached hydrogens (tertiary/aromatic N) is 1. The van der Waals surface area contributed by atoms with Crippen LogP contribution in [0.3, 0.4) is 0 Å². The molecular formula is C27H27N3O3. The van der Waals surface area contributed by atoms with Gasteiger partial charge in [0, 0.05) is 25.1 Å². The molecule has 0 saturated heterocycles. The van der Waals surface area contributed by atoms with Gasteiger partial charge in [0.1, 0.15) is 12.4 Å². The molecule has 33 heavy (non-hydrogen) atoms. The molecule has 0 aliphatic heterocycles. The lowest BCUT2D eigenvalue weighted by Gasteiger charge is -2.14. The molecule has 4 rings (SSSR count). The first kappa shape index (κ1) is 22.3. The number of anilines is 1. The van der Waals surface area contributed by atoms with E-state index in [1.165, 1.54) is 29.2 Å². The normalized spacial score (nSPS) is 12.3. The van der Waals surface area contributed by atoms with E-state index in [0.29, 0.717) is 25.4 Å². The molecule has 0 saturated carbocycles. The lowest BCUT2D eigenvalue weighted by molar-refractivity contribution is -0.114. The summed E-state index contributed by atoms with van der Waals surface area (Å²) in [5.41, 5.74) is 6.60. The van der Waals surface area contributed by atoms with Crippen molar-refractivity contribution in [2.45, 2.75) is 26.2 Å². The fourth-order valence-corrected chi connectivity index (χ4v) is 4.12. The van der Waals surface area contributed by atoms with Crippen LogP contribution < -0.4 is 10.6 Å². The number of nitrogens with one attached hydrogen (secondary N) is 2. The SMILES string of the molecule is CC(=O)Nc1ccc(C=CCCNC(=O)OCC2c3ccccc3-c3ccccc32)c(C)n1. The molecule has 2 N–H and O–H groups in total. The third kappa shape index (κ3) is 5.29. The number of aryl methyl sites for hydroxylation is 1. The van der Waals surface area contributed by atoms with Crippen molar-refractivity contribution in [3.63, 3.8) is 0 Å². The van der Waals surface area contributed by atoms with E-state index >= 15 is 0 Å². The number of rotatable bonds is 7. The Labute approximate surface area is 193 Å². The van der Waals surface area contributed by atoms with Gasteiger partial charge in [0.2, 0.25) is 5.91 Å². The largest absolute Gasteiger partial charge is 0.449 e. The number of ether oxygens (including phenoxy) is 1. The van der Waals surface area contributed by atoms with Crippen LogP contribution in [0.15, 0.2) is 66.7 Å². The topological polar surface area (TPSA) is 80.3 Å². The average molecular weight is 442 g/mol. The smallest absolute Gasteiger partial charge is 0.407 e. The van der Waals surface area contributed by atoms with Gasteiger partial charge in [0.25, 0.3) is 0 Å². The highest BCUT2D eigenvalue weighted by Crippen LogP contribution is 2.44. The second-order valence-electron chi connectivity index (χ2n) is 8.00. The second kappa shape index (κ2) is 10.1. The summed E-state index contributed by atoms with van der Waals surface area (Å²) in [6, 6.07) is 20.2. The zero-order valence-electron chi connectivity index (χ0n) is 18.8.